The topological polar surface area (TPSA) is 37.8 Å². The third-order valence-electron chi connectivity index (χ3n) is 2.89. The highest BCUT2D eigenvalue weighted by Gasteiger charge is 2.10. The molecule has 0 unspecified atom stereocenters. The summed E-state index contributed by atoms with van der Waals surface area (Å²) < 4.78 is 13.2. The molecule has 0 radical (unpaired) electrons. The Morgan fingerprint density at radius 3 is 2.67 bits per heavy atom. The number of benzene rings is 1. The molecule has 1 heterocycles. The molecule has 94 valence electrons. The molecule has 0 bridgehead atoms. The number of nitrogens with zero attached hydrogens (tertiary/aromatic N) is 2. The third kappa shape index (κ3) is 2.32. The molecule has 0 spiro atoms. The smallest absolute Gasteiger partial charge is 0.161 e. The molecule has 0 saturated carbocycles. The minimum absolute atomic E-state index is 0.278. The molecule has 0 saturated heterocycles. The van der Waals surface area contributed by atoms with Gasteiger partial charge in [-0.2, -0.15) is 0 Å². The van der Waals surface area contributed by atoms with Crippen LogP contribution in [0.4, 0.5) is 10.2 Å². The standard InChI is InChI=1S/C14H16FN3/c1-4-12-9(2)17-13(18-14(12)16-3)10-6-5-7-11(15)8-10/h5-8H,4H2,1-3H3,(H,16,17,18). The Balaban J connectivity index is 2.56. The molecule has 0 aliphatic carbocycles. The molecule has 18 heavy (non-hydrogen) atoms. The molecule has 0 aliphatic rings. The van der Waals surface area contributed by atoms with Gasteiger partial charge in [-0.25, -0.2) is 14.4 Å². The first-order valence-corrected chi connectivity index (χ1v) is 5.97. The second-order valence-electron chi connectivity index (χ2n) is 4.07. The minimum Gasteiger partial charge on any atom is -0.373 e. The van der Waals surface area contributed by atoms with Crippen LogP contribution in [-0.2, 0) is 6.42 Å². The van der Waals surface area contributed by atoms with Crippen molar-refractivity contribution >= 4 is 5.82 Å². The first kappa shape index (κ1) is 12.5. The molecule has 0 aliphatic heterocycles. The van der Waals surface area contributed by atoms with Gasteiger partial charge < -0.3 is 5.32 Å². The maximum atomic E-state index is 13.2. The Morgan fingerprint density at radius 1 is 1.28 bits per heavy atom. The molecular weight excluding hydrogens is 229 g/mol. The Morgan fingerprint density at radius 2 is 2.06 bits per heavy atom. The van der Waals surface area contributed by atoms with E-state index in [1.807, 2.05) is 20.0 Å². The zero-order valence-corrected chi connectivity index (χ0v) is 10.8. The van der Waals surface area contributed by atoms with Gasteiger partial charge in [0.1, 0.15) is 11.6 Å². The van der Waals surface area contributed by atoms with Gasteiger partial charge in [0, 0.05) is 23.9 Å². The molecule has 0 amide bonds. The first-order chi connectivity index (χ1) is 8.65. The molecule has 2 aromatic rings. The summed E-state index contributed by atoms with van der Waals surface area (Å²) in [4.78, 5) is 8.89. The largest absolute Gasteiger partial charge is 0.373 e. The van der Waals surface area contributed by atoms with Crippen LogP contribution in [0.3, 0.4) is 0 Å². The van der Waals surface area contributed by atoms with E-state index in [4.69, 9.17) is 0 Å². The first-order valence-electron chi connectivity index (χ1n) is 5.97. The van der Waals surface area contributed by atoms with E-state index >= 15 is 0 Å². The van der Waals surface area contributed by atoms with E-state index in [9.17, 15) is 4.39 Å². The predicted octanol–water partition coefficient (Wildman–Crippen LogP) is 3.20. The minimum atomic E-state index is -0.278. The monoisotopic (exact) mass is 245 g/mol. The Kier molecular flexibility index (Phi) is 3.55. The van der Waals surface area contributed by atoms with Gasteiger partial charge in [0.2, 0.25) is 0 Å². The molecule has 1 aromatic heterocycles. The summed E-state index contributed by atoms with van der Waals surface area (Å²) in [5.41, 5.74) is 2.71. The van der Waals surface area contributed by atoms with Crippen molar-refractivity contribution in [2.24, 2.45) is 0 Å². The van der Waals surface area contributed by atoms with Gasteiger partial charge in [-0.15, -0.1) is 0 Å². The number of hydrogen-bond donors (Lipinski definition) is 1. The lowest BCUT2D eigenvalue weighted by molar-refractivity contribution is 0.628. The average Bonchev–Trinajstić information content (AvgIpc) is 2.37. The van der Waals surface area contributed by atoms with E-state index in [-0.39, 0.29) is 5.82 Å². The fourth-order valence-electron chi connectivity index (χ4n) is 1.98. The van der Waals surface area contributed by atoms with E-state index in [1.54, 1.807) is 6.07 Å². The fourth-order valence-corrected chi connectivity index (χ4v) is 1.98. The van der Waals surface area contributed by atoms with Crippen LogP contribution in [0.15, 0.2) is 24.3 Å². The molecule has 3 nitrogen and oxygen atoms in total. The Bertz CT molecular complexity index is 567. The summed E-state index contributed by atoms with van der Waals surface area (Å²) in [5.74, 6) is 1.08. The van der Waals surface area contributed by atoms with Crippen molar-refractivity contribution in [1.29, 1.82) is 0 Å². The van der Waals surface area contributed by atoms with Crippen molar-refractivity contribution in [2.75, 3.05) is 12.4 Å². The Labute approximate surface area is 106 Å². The Hall–Kier alpha value is -1.97. The number of aryl methyl sites for hydroxylation is 1. The number of nitrogens with one attached hydrogen (secondary N) is 1. The van der Waals surface area contributed by atoms with Gasteiger partial charge in [0.15, 0.2) is 5.82 Å². The molecule has 0 fully saturated rings. The van der Waals surface area contributed by atoms with E-state index in [2.05, 4.69) is 22.2 Å². The number of anilines is 1. The van der Waals surface area contributed by atoms with Crippen molar-refractivity contribution < 1.29 is 4.39 Å². The third-order valence-corrected chi connectivity index (χ3v) is 2.89. The number of hydrogen-bond acceptors (Lipinski definition) is 3. The lowest BCUT2D eigenvalue weighted by Gasteiger charge is -2.11. The van der Waals surface area contributed by atoms with E-state index in [0.29, 0.717) is 11.4 Å². The molecular formula is C14H16FN3. The molecule has 1 aromatic carbocycles. The normalized spacial score (nSPS) is 10.4. The van der Waals surface area contributed by atoms with E-state index < -0.39 is 0 Å². The molecule has 0 atom stereocenters. The second-order valence-corrected chi connectivity index (χ2v) is 4.07. The van der Waals surface area contributed by atoms with Crippen molar-refractivity contribution in [3.8, 4) is 11.4 Å². The lowest BCUT2D eigenvalue weighted by Crippen LogP contribution is -2.05. The van der Waals surface area contributed by atoms with Crippen LogP contribution in [-0.4, -0.2) is 17.0 Å². The number of rotatable bonds is 3. The van der Waals surface area contributed by atoms with Gasteiger partial charge in [-0.3, -0.25) is 0 Å². The van der Waals surface area contributed by atoms with Crippen molar-refractivity contribution in [2.45, 2.75) is 20.3 Å². The molecule has 4 heteroatoms. The fraction of sp³-hybridized carbons (Fsp3) is 0.286. The van der Waals surface area contributed by atoms with Crippen LogP contribution in [0.2, 0.25) is 0 Å². The SMILES string of the molecule is CCc1c(C)nc(-c2cccc(F)c2)nc1NC. The summed E-state index contributed by atoms with van der Waals surface area (Å²) in [5, 5.41) is 3.07. The average molecular weight is 245 g/mol. The maximum absolute atomic E-state index is 13.2. The van der Waals surface area contributed by atoms with Crippen LogP contribution in [0.25, 0.3) is 11.4 Å². The highest BCUT2D eigenvalue weighted by molar-refractivity contribution is 5.59. The van der Waals surface area contributed by atoms with Crippen LogP contribution < -0.4 is 5.32 Å². The summed E-state index contributed by atoms with van der Waals surface area (Å²) in [6.45, 7) is 4.01. The number of halogens is 1. The van der Waals surface area contributed by atoms with Crippen LogP contribution in [0, 0.1) is 12.7 Å². The summed E-state index contributed by atoms with van der Waals surface area (Å²) >= 11 is 0. The number of aromatic nitrogens is 2. The van der Waals surface area contributed by atoms with Crippen LogP contribution >= 0.6 is 0 Å². The highest BCUT2D eigenvalue weighted by Crippen LogP contribution is 2.22. The zero-order chi connectivity index (χ0) is 13.1. The van der Waals surface area contributed by atoms with Gasteiger partial charge in [-0.05, 0) is 25.5 Å². The van der Waals surface area contributed by atoms with E-state index in [1.165, 1.54) is 12.1 Å². The van der Waals surface area contributed by atoms with E-state index in [0.717, 1.165) is 23.5 Å². The summed E-state index contributed by atoms with van der Waals surface area (Å²) in [6.07, 6.45) is 0.867. The quantitative estimate of drug-likeness (QED) is 0.902. The van der Waals surface area contributed by atoms with Gasteiger partial charge >= 0.3 is 0 Å². The second kappa shape index (κ2) is 5.12. The highest BCUT2D eigenvalue weighted by atomic mass is 19.1. The van der Waals surface area contributed by atoms with Crippen molar-refractivity contribution in [1.82, 2.24) is 9.97 Å². The van der Waals surface area contributed by atoms with Gasteiger partial charge in [0.25, 0.3) is 0 Å². The molecule has 2 rings (SSSR count). The zero-order valence-electron chi connectivity index (χ0n) is 10.8. The van der Waals surface area contributed by atoms with Crippen LogP contribution in [0.5, 0.6) is 0 Å². The maximum Gasteiger partial charge on any atom is 0.161 e. The summed E-state index contributed by atoms with van der Waals surface area (Å²) in [6, 6.07) is 6.33. The van der Waals surface area contributed by atoms with Crippen LogP contribution in [0.1, 0.15) is 18.2 Å². The van der Waals surface area contributed by atoms with Gasteiger partial charge in [-0.1, -0.05) is 19.1 Å². The predicted molar refractivity (Wildman–Crippen MR) is 71.1 cm³/mol. The van der Waals surface area contributed by atoms with Gasteiger partial charge in [0.05, 0.1) is 0 Å². The lowest BCUT2D eigenvalue weighted by atomic mass is 10.1. The van der Waals surface area contributed by atoms with Crippen molar-refractivity contribution in [3.63, 3.8) is 0 Å². The molecule has 1 N–H and O–H groups in total. The summed E-state index contributed by atoms with van der Waals surface area (Å²) in [7, 11) is 1.83. The van der Waals surface area contributed by atoms with Crippen molar-refractivity contribution in [3.05, 3.63) is 41.3 Å².